The van der Waals surface area contributed by atoms with Crippen LogP contribution in [0.4, 0.5) is 0 Å². The quantitative estimate of drug-likeness (QED) is 0.0316. The van der Waals surface area contributed by atoms with Crippen molar-refractivity contribution in [2.24, 2.45) is 28.9 Å². The van der Waals surface area contributed by atoms with Gasteiger partial charge < -0.3 is 119 Å². The molecule has 0 spiro atoms. The Labute approximate surface area is 690 Å². The van der Waals surface area contributed by atoms with Gasteiger partial charge in [0.05, 0.1) is 125 Å². The smallest absolute Gasteiger partial charge is 0.246 e. The molecule has 0 radical (unpaired) electrons. The molecule has 116 heavy (non-hydrogen) atoms. The largest absolute Gasteiger partial charge is 0.508 e. The molecule has 36 nitrogen and oxygen atoms in total. The summed E-state index contributed by atoms with van der Waals surface area (Å²) in [5.41, 5.74) is 23.3. The lowest BCUT2D eigenvalue weighted by Gasteiger charge is -2.31. The second-order valence-electron chi connectivity index (χ2n) is 28.6. The SMILES string of the molecule is CCCCCCCCCCCCCCCC(=O)NCCOCCOCCOCCOCCOCCOCCOCCOCCC(=O)NCCCC[C@H](NC(=O)[C@@H]1CCCN1C(=O)[C@@H]1CSSC[C@H](N)C(=O)N[C@@H](Cc2ccc(O)cc2)C(=O)N[C@@H]([C@@H](C)CC)C(=O)N[C@@H](CCC(N)=O)C(=O)N[C@@H](CC(N)=O)C(=O)N1)C(=O)NCC(N)=O. The van der Waals surface area contributed by atoms with Gasteiger partial charge in [0.2, 0.25) is 76.8 Å². The van der Waals surface area contributed by atoms with Crippen LogP contribution in [-0.4, -0.2) is 279 Å². The van der Waals surface area contributed by atoms with Crippen LogP contribution in [0.15, 0.2) is 24.3 Å². The van der Waals surface area contributed by atoms with Crippen molar-refractivity contribution < 1.29 is 105 Å². The number of carbonyl (C=O) groups excluding carboxylic acids is 13. The third-order valence-electron chi connectivity index (χ3n) is 19.0. The molecule has 38 heteroatoms. The van der Waals surface area contributed by atoms with Gasteiger partial charge in [-0.15, -0.1) is 0 Å². The second-order valence-corrected chi connectivity index (χ2v) is 31.2. The van der Waals surface area contributed by atoms with Crippen LogP contribution in [0.25, 0.3) is 0 Å². The minimum Gasteiger partial charge on any atom is -0.508 e. The second kappa shape index (κ2) is 64.5. The number of hydrogen-bond donors (Lipinski definition) is 14. The number of hydrogen-bond acceptors (Lipinski definition) is 25. The van der Waals surface area contributed by atoms with Gasteiger partial charge in [0.15, 0.2) is 0 Å². The Hall–Kier alpha value is -7.53. The maximum absolute atomic E-state index is 14.8. The van der Waals surface area contributed by atoms with Gasteiger partial charge in [-0.05, 0) is 68.6 Å². The van der Waals surface area contributed by atoms with E-state index in [0.29, 0.717) is 117 Å². The Balaban J connectivity index is 1.38. The summed E-state index contributed by atoms with van der Waals surface area (Å²) in [5, 5.41) is 33.6. The molecular formula is C78H134N14O22S2. The highest BCUT2D eigenvalue weighted by Crippen LogP contribution is 2.27. The molecule has 2 heterocycles. The zero-order chi connectivity index (χ0) is 84.9. The standard InChI is InChI=1S/C78H134N14O22S2/c1-4-6-7-8-9-10-11-12-13-14-15-16-17-23-68(97)84-32-35-108-37-39-110-41-43-112-45-47-114-49-48-113-46-44-111-42-40-109-38-36-107-34-30-69(98)83-31-19-18-21-59(72(100)85-52-67(82)96)86-76(104)64-22-20-33-92(64)78(106)63-54-116-115-53-58(79)71(99)88-61(50-56-24-26-57(93)27-25-56)75(103)91-70(55(3)5-2)77(105)87-60(28-29-65(80)94)73(101)89-62(51-66(81)95)74(102)90-63/h24-27,55,58-64,70,93H,4-23,28-54,79H2,1-3H3,(H2,80,94)(H2,81,95)(H2,82,96)(H,83,98)(H,84,97)(H,85,100)(H,86,104)(H,87,105)(H,88,99)(H,89,101)(H,90,102)(H,91,103)/t55-,58-,59-,60-,61-,62-,63-,64-,70-/m0/s1. The third kappa shape index (κ3) is 48.4. The summed E-state index contributed by atoms with van der Waals surface area (Å²) in [6.45, 7) is 11.6. The van der Waals surface area contributed by atoms with Crippen molar-refractivity contribution >= 4 is 98.4 Å². The first-order valence-electron chi connectivity index (χ1n) is 41.1. The van der Waals surface area contributed by atoms with Crippen LogP contribution in [0.1, 0.15) is 180 Å². The molecule has 0 aromatic heterocycles. The molecule has 0 bridgehead atoms. The van der Waals surface area contributed by atoms with Crippen LogP contribution in [0.3, 0.4) is 0 Å². The summed E-state index contributed by atoms with van der Waals surface area (Å²) in [7, 11) is 1.99. The van der Waals surface area contributed by atoms with Gasteiger partial charge >= 0.3 is 0 Å². The average Bonchev–Trinajstić information content (AvgIpc) is 1.63. The summed E-state index contributed by atoms with van der Waals surface area (Å²) < 4.78 is 44.4. The van der Waals surface area contributed by atoms with Crippen molar-refractivity contribution in [1.82, 2.24) is 52.8 Å². The highest BCUT2D eigenvalue weighted by molar-refractivity contribution is 8.76. The maximum Gasteiger partial charge on any atom is 0.246 e. The van der Waals surface area contributed by atoms with Crippen LogP contribution < -0.4 is 70.8 Å². The molecular weight excluding hydrogens is 1550 g/mol. The Morgan fingerprint density at radius 3 is 1.55 bits per heavy atom. The Kier molecular flexibility index (Phi) is 57.1. The van der Waals surface area contributed by atoms with Crippen molar-refractivity contribution in [3.05, 3.63) is 29.8 Å². The van der Waals surface area contributed by atoms with Crippen LogP contribution >= 0.6 is 21.6 Å². The number of likely N-dealkylation sites (tertiary alicyclic amines) is 1. The summed E-state index contributed by atoms with van der Waals surface area (Å²) in [6.07, 6.45) is 16.7. The number of primary amides is 3. The van der Waals surface area contributed by atoms with E-state index in [0.717, 1.165) is 34.4 Å². The Morgan fingerprint density at radius 2 is 1.01 bits per heavy atom. The summed E-state index contributed by atoms with van der Waals surface area (Å²) in [5.74, 6) is -11.1. The van der Waals surface area contributed by atoms with E-state index in [1.54, 1.807) is 13.8 Å². The van der Waals surface area contributed by atoms with Crippen molar-refractivity contribution in [2.45, 2.75) is 230 Å². The van der Waals surface area contributed by atoms with Gasteiger partial charge in [-0.1, -0.05) is 138 Å². The van der Waals surface area contributed by atoms with Gasteiger partial charge in [-0.2, -0.15) is 0 Å². The summed E-state index contributed by atoms with van der Waals surface area (Å²) in [6, 6.07) is -5.63. The minimum atomic E-state index is -1.81. The van der Waals surface area contributed by atoms with Crippen molar-refractivity contribution in [3.8, 4) is 5.75 Å². The van der Waals surface area contributed by atoms with Gasteiger partial charge in [-0.3, -0.25) is 62.3 Å². The molecule has 2 saturated heterocycles. The first-order valence-corrected chi connectivity index (χ1v) is 43.6. The molecule has 2 aliphatic heterocycles. The molecule has 2 fully saturated rings. The molecule has 9 atom stereocenters. The fourth-order valence-corrected chi connectivity index (χ4v) is 14.4. The lowest BCUT2D eigenvalue weighted by molar-refractivity contribution is -0.142. The maximum atomic E-state index is 14.8. The summed E-state index contributed by atoms with van der Waals surface area (Å²) >= 11 is 0. The number of unbranched alkanes of at least 4 members (excludes halogenated alkanes) is 13. The van der Waals surface area contributed by atoms with Gasteiger partial charge in [0.1, 0.15) is 48.0 Å². The average molecular weight is 1680 g/mol. The number of ether oxygens (including phenoxy) is 8. The zero-order valence-electron chi connectivity index (χ0n) is 68.3. The number of benzene rings is 1. The predicted octanol–water partition coefficient (Wildman–Crippen LogP) is 0.752. The molecule has 0 aliphatic carbocycles. The number of nitrogens with zero attached hydrogens (tertiary/aromatic N) is 1. The lowest BCUT2D eigenvalue weighted by atomic mass is 9.96. The lowest BCUT2D eigenvalue weighted by Crippen LogP contribution is -2.61. The van der Waals surface area contributed by atoms with Crippen LogP contribution in [0.2, 0.25) is 0 Å². The Morgan fingerprint density at radius 1 is 0.517 bits per heavy atom. The van der Waals surface area contributed by atoms with E-state index in [9.17, 15) is 67.4 Å². The molecule has 0 unspecified atom stereocenters. The number of nitrogens with two attached hydrogens (primary N) is 4. The fourth-order valence-electron chi connectivity index (χ4n) is 12.2. The van der Waals surface area contributed by atoms with E-state index >= 15 is 0 Å². The number of carbonyl (C=O) groups is 13. The number of amides is 13. The number of phenols is 1. The monoisotopic (exact) mass is 1680 g/mol. The molecule has 1 aromatic carbocycles. The molecule has 13 amide bonds. The molecule has 1 aromatic rings. The van der Waals surface area contributed by atoms with Gasteiger partial charge in [0.25, 0.3) is 0 Å². The van der Waals surface area contributed by atoms with Crippen molar-refractivity contribution in [3.63, 3.8) is 0 Å². The topological polar surface area (TPSA) is 532 Å². The summed E-state index contributed by atoms with van der Waals surface area (Å²) in [4.78, 5) is 176. The number of aromatic hydroxyl groups is 1. The van der Waals surface area contributed by atoms with E-state index in [2.05, 4.69) is 54.8 Å². The fraction of sp³-hybridized carbons (Fsp3) is 0.756. The minimum absolute atomic E-state index is 0.0153. The predicted molar refractivity (Wildman–Crippen MR) is 436 cm³/mol. The molecule has 2 aliphatic rings. The van der Waals surface area contributed by atoms with Crippen LogP contribution in [0.5, 0.6) is 5.75 Å². The van der Waals surface area contributed by atoms with E-state index in [1.807, 2.05) is 0 Å². The zero-order valence-corrected chi connectivity index (χ0v) is 70.0. The van der Waals surface area contributed by atoms with E-state index < -0.39 is 145 Å². The molecule has 18 N–H and O–H groups in total. The highest BCUT2D eigenvalue weighted by atomic mass is 33.1. The number of rotatable bonds is 61. The van der Waals surface area contributed by atoms with E-state index in [1.165, 1.54) is 99.8 Å². The van der Waals surface area contributed by atoms with E-state index in [4.69, 9.17) is 60.8 Å². The van der Waals surface area contributed by atoms with E-state index in [-0.39, 0.29) is 101 Å². The normalized spacial score (nSPS) is 19.1. The third-order valence-corrected chi connectivity index (χ3v) is 21.4. The first-order chi connectivity index (χ1) is 55.9. The highest BCUT2D eigenvalue weighted by Gasteiger charge is 2.41. The van der Waals surface area contributed by atoms with Crippen molar-refractivity contribution in [2.75, 3.05) is 143 Å². The molecule has 3 rings (SSSR count). The van der Waals surface area contributed by atoms with Gasteiger partial charge in [-0.25, -0.2) is 0 Å². The van der Waals surface area contributed by atoms with Crippen molar-refractivity contribution in [1.29, 1.82) is 0 Å². The number of nitrogens with one attached hydrogen (secondary N) is 9. The van der Waals surface area contributed by atoms with Gasteiger partial charge in [0, 0.05) is 56.8 Å². The Bertz CT molecular complexity index is 3050. The van der Waals surface area contributed by atoms with Crippen LogP contribution in [0, 0.1) is 5.92 Å². The first kappa shape index (κ1) is 103. The van der Waals surface area contributed by atoms with Crippen LogP contribution in [-0.2, 0) is 107 Å². The molecule has 660 valence electrons. The number of phenolic OH excluding ortho intramolecular Hbond substituents is 1. The molecule has 0 saturated carbocycles.